The van der Waals surface area contributed by atoms with E-state index in [1.807, 2.05) is 13.8 Å². The quantitative estimate of drug-likeness (QED) is 0.336. The van der Waals surface area contributed by atoms with Crippen molar-refractivity contribution in [1.29, 1.82) is 0 Å². The van der Waals surface area contributed by atoms with Gasteiger partial charge in [0.1, 0.15) is 17.8 Å². The van der Waals surface area contributed by atoms with Gasteiger partial charge in [0.15, 0.2) is 0 Å². The Balaban J connectivity index is 1.80. The molecule has 4 rings (SSSR count). The average molecular weight is 542 g/mol. The zero-order valence-electron chi connectivity index (χ0n) is 21.3. The molecule has 10 heteroatoms. The number of benzene rings is 3. The summed E-state index contributed by atoms with van der Waals surface area (Å²) in [5, 5.41) is 0. The van der Waals surface area contributed by atoms with Crippen molar-refractivity contribution in [3.8, 4) is 5.75 Å². The highest BCUT2D eigenvalue weighted by Gasteiger charge is 2.39. The fourth-order valence-electron chi connectivity index (χ4n) is 4.34. The first-order valence-corrected chi connectivity index (χ1v) is 14.8. The molecule has 1 atom stereocenters. The molecular formula is C27H31N3O5S2. The molecule has 0 spiro atoms. The van der Waals surface area contributed by atoms with Crippen molar-refractivity contribution in [2.45, 2.75) is 43.1 Å². The summed E-state index contributed by atoms with van der Waals surface area (Å²) in [5.74, 6) is 0.844. The number of amidine groups is 1. The van der Waals surface area contributed by atoms with E-state index in [4.69, 9.17) is 4.74 Å². The third kappa shape index (κ3) is 5.71. The van der Waals surface area contributed by atoms with E-state index in [-0.39, 0.29) is 22.2 Å². The molecule has 37 heavy (non-hydrogen) atoms. The molecule has 0 saturated carbocycles. The van der Waals surface area contributed by atoms with Gasteiger partial charge in [-0.2, -0.15) is 12.7 Å². The Hall–Kier alpha value is -3.21. The average Bonchev–Trinajstić information content (AvgIpc) is 2.88. The number of rotatable bonds is 6. The second-order valence-corrected chi connectivity index (χ2v) is 12.5. The summed E-state index contributed by atoms with van der Waals surface area (Å²) in [5.41, 5.74) is 2.57. The molecular weight excluding hydrogens is 510 g/mol. The first-order chi connectivity index (χ1) is 17.5. The first-order valence-electron chi connectivity index (χ1n) is 11.9. The molecule has 0 aromatic heterocycles. The van der Waals surface area contributed by atoms with Gasteiger partial charge in [-0.25, -0.2) is 8.42 Å². The minimum atomic E-state index is -3.99. The van der Waals surface area contributed by atoms with Crippen LogP contribution in [-0.2, 0) is 20.0 Å². The van der Waals surface area contributed by atoms with Crippen molar-refractivity contribution in [3.63, 3.8) is 0 Å². The van der Waals surface area contributed by atoms with E-state index in [0.29, 0.717) is 24.3 Å². The lowest BCUT2D eigenvalue weighted by molar-refractivity contribution is 0.124. The molecule has 3 aromatic carbocycles. The van der Waals surface area contributed by atoms with Crippen LogP contribution in [0, 0.1) is 13.8 Å². The Morgan fingerprint density at radius 2 is 1.35 bits per heavy atom. The van der Waals surface area contributed by atoms with Crippen LogP contribution in [0.5, 0.6) is 5.75 Å². The molecule has 3 aromatic rings. The van der Waals surface area contributed by atoms with Crippen LogP contribution in [0.3, 0.4) is 0 Å². The van der Waals surface area contributed by atoms with Crippen molar-refractivity contribution < 1.29 is 21.6 Å². The summed E-state index contributed by atoms with van der Waals surface area (Å²) < 4.78 is 64.7. The summed E-state index contributed by atoms with van der Waals surface area (Å²) in [4.78, 5) is 2.00. The minimum absolute atomic E-state index is 0.0830. The molecule has 1 aliphatic rings. The molecule has 196 valence electrons. The fraction of sp³-hybridized carbons (Fsp3) is 0.296. The van der Waals surface area contributed by atoms with Gasteiger partial charge < -0.3 is 9.64 Å². The van der Waals surface area contributed by atoms with Gasteiger partial charge in [-0.15, -0.1) is 4.40 Å². The topological polar surface area (TPSA) is 96.3 Å². The maximum Gasteiger partial charge on any atom is 0.283 e. The third-order valence-corrected chi connectivity index (χ3v) is 9.61. The van der Waals surface area contributed by atoms with Gasteiger partial charge in [-0.05, 0) is 69.2 Å². The molecule has 0 bridgehead atoms. The van der Waals surface area contributed by atoms with Gasteiger partial charge in [0.05, 0.1) is 16.9 Å². The van der Waals surface area contributed by atoms with Crippen LogP contribution >= 0.6 is 0 Å². The third-order valence-electron chi connectivity index (χ3n) is 6.37. The number of sulfonamides is 2. The smallest absolute Gasteiger partial charge is 0.283 e. The lowest BCUT2D eigenvalue weighted by Gasteiger charge is -2.44. The summed E-state index contributed by atoms with van der Waals surface area (Å²) in [7, 11) is -6.34. The molecule has 0 radical (unpaired) electrons. The molecule has 1 aliphatic heterocycles. The number of nitrogens with zero attached hydrogens (tertiary/aromatic N) is 3. The second kappa shape index (κ2) is 10.6. The molecule has 0 N–H and O–H groups in total. The Morgan fingerprint density at radius 3 is 1.89 bits per heavy atom. The van der Waals surface area contributed by atoms with Crippen molar-refractivity contribution in [1.82, 2.24) is 9.21 Å². The van der Waals surface area contributed by atoms with Crippen molar-refractivity contribution in [3.05, 3.63) is 89.5 Å². The van der Waals surface area contributed by atoms with Gasteiger partial charge in [0, 0.05) is 13.1 Å². The van der Waals surface area contributed by atoms with E-state index < -0.39 is 26.2 Å². The molecule has 8 nitrogen and oxygen atoms in total. The van der Waals surface area contributed by atoms with Crippen LogP contribution < -0.4 is 4.74 Å². The highest BCUT2D eigenvalue weighted by Crippen LogP contribution is 2.35. The molecule has 1 fully saturated rings. The van der Waals surface area contributed by atoms with Gasteiger partial charge in [-0.1, -0.05) is 47.5 Å². The summed E-state index contributed by atoms with van der Waals surface area (Å²) in [6.45, 7) is 6.09. The lowest BCUT2D eigenvalue weighted by atomic mass is 10.1. The summed E-state index contributed by atoms with van der Waals surface area (Å²) >= 11 is 0. The Kier molecular flexibility index (Phi) is 7.72. The van der Waals surface area contributed by atoms with Crippen molar-refractivity contribution >= 4 is 25.9 Å². The minimum Gasteiger partial charge on any atom is -0.497 e. The molecule has 1 unspecified atom stereocenters. The molecule has 1 heterocycles. The van der Waals surface area contributed by atoms with E-state index in [0.717, 1.165) is 11.1 Å². The maximum atomic E-state index is 13.8. The Labute approximate surface area is 219 Å². The molecule has 1 saturated heterocycles. The second-order valence-electron chi connectivity index (χ2n) is 9.05. The van der Waals surface area contributed by atoms with Crippen LogP contribution in [0.1, 0.15) is 36.2 Å². The largest absolute Gasteiger partial charge is 0.497 e. The molecule has 0 amide bonds. The summed E-state index contributed by atoms with van der Waals surface area (Å²) in [6, 6.07) is 20.3. The van der Waals surface area contributed by atoms with Crippen LogP contribution in [0.15, 0.2) is 87.0 Å². The Morgan fingerprint density at radius 1 is 0.811 bits per heavy atom. The van der Waals surface area contributed by atoms with Gasteiger partial charge in [0.2, 0.25) is 10.0 Å². The predicted molar refractivity (Wildman–Crippen MR) is 144 cm³/mol. The van der Waals surface area contributed by atoms with Gasteiger partial charge >= 0.3 is 0 Å². The van der Waals surface area contributed by atoms with E-state index in [2.05, 4.69) is 4.40 Å². The number of aryl methyl sites for hydroxylation is 2. The van der Waals surface area contributed by atoms with E-state index in [1.54, 1.807) is 79.6 Å². The van der Waals surface area contributed by atoms with E-state index in [1.165, 1.54) is 16.4 Å². The SMILES string of the molecule is COc1ccc(C2N(C(C)=NS(=O)(=O)c3ccc(C)cc3)CCCN2S(=O)(=O)c2ccc(C)cc2)cc1. The predicted octanol–water partition coefficient (Wildman–Crippen LogP) is 4.51. The van der Waals surface area contributed by atoms with Crippen molar-refractivity contribution in [2.24, 2.45) is 4.40 Å². The van der Waals surface area contributed by atoms with E-state index >= 15 is 0 Å². The van der Waals surface area contributed by atoms with Crippen LogP contribution in [-0.4, -0.2) is 52.1 Å². The molecule has 0 aliphatic carbocycles. The zero-order valence-corrected chi connectivity index (χ0v) is 23.0. The van der Waals surface area contributed by atoms with E-state index in [9.17, 15) is 16.8 Å². The number of hydrogen-bond donors (Lipinski definition) is 0. The Bertz CT molecular complexity index is 1480. The monoisotopic (exact) mass is 541 g/mol. The highest BCUT2D eigenvalue weighted by atomic mass is 32.2. The standard InChI is InChI=1S/C27H31N3O5S2/c1-20-6-14-25(15-7-20)36(31,32)28-22(3)29-18-5-19-30(27(29)23-10-12-24(35-4)13-11-23)37(33,34)26-16-8-21(2)9-17-26/h6-17,27H,5,18-19H2,1-4H3. The lowest BCUT2D eigenvalue weighted by Crippen LogP contribution is -2.51. The highest BCUT2D eigenvalue weighted by molar-refractivity contribution is 7.90. The van der Waals surface area contributed by atoms with Gasteiger partial charge in [-0.3, -0.25) is 0 Å². The zero-order chi connectivity index (χ0) is 26.8. The summed E-state index contributed by atoms with van der Waals surface area (Å²) in [6.07, 6.45) is -0.280. The fourth-order valence-corrected chi connectivity index (χ4v) is 7.00. The number of hydrogen-bond acceptors (Lipinski definition) is 5. The van der Waals surface area contributed by atoms with Crippen molar-refractivity contribution in [2.75, 3.05) is 20.2 Å². The number of ether oxygens (including phenoxy) is 1. The van der Waals surface area contributed by atoms with Crippen LogP contribution in [0.2, 0.25) is 0 Å². The normalized spacial score (nSPS) is 17.6. The van der Waals surface area contributed by atoms with Crippen LogP contribution in [0.4, 0.5) is 0 Å². The van der Waals surface area contributed by atoms with Crippen LogP contribution in [0.25, 0.3) is 0 Å². The first kappa shape index (κ1) is 26.8. The maximum absolute atomic E-state index is 13.8. The number of methoxy groups -OCH3 is 1. The van der Waals surface area contributed by atoms with Gasteiger partial charge in [0.25, 0.3) is 10.0 Å².